The third-order valence-electron chi connectivity index (χ3n) is 21.2. The number of fused-ring (bicyclic) bond motifs is 7. The van der Waals surface area contributed by atoms with Gasteiger partial charge in [-0.3, -0.25) is 0 Å². The number of nitrogens with zero attached hydrogens (tertiary/aromatic N) is 3. The maximum absolute atomic E-state index is 3.08. The number of aromatic nitrogens is 1. The van der Waals surface area contributed by atoms with Crippen LogP contribution in [0.4, 0.5) is 34.1 Å². The van der Waals surface area contributed by atoms with Crippen molar-refractivity contribution < 1.29 is 0 Å². The summed E-state index contributed by atoms with van der Waals surface area (Å²) in [5, 5.41) is 13.3. The summed E-state index contributed by atoms with van der Waals surface area (Å²) in [7, 11) is -6.01. The van der Waals surface area contributed by atoms with E-state index in [1.807, 2.05) is 0 Å². The van der Waals surface area contributed by atoms with E-state index in [2.05, 4.69) is 408 Å². The highest BCUT2D eigenvalue weighted by Crippen LogP contribution is 2.49. The van der Waals surface area contributed by atoms with Crippen LogP contribution in [0.5, 0.6) is 0 Å². The van der Waals surface area contributed by atoms with E-state index in [1.54, 1.807) is 0 Å². The van der Waals surface area contributed by atoms with Crippen molar-refractivity contribution in [2.75, 3.05) is 9.80 Å². The van der Waals surface area contributed by atoms with Gasteiger partial charge < -0.3 is 14.4 Å². The van der Waals surface area contributed by atoms with E-state index < -0.39 is 16.1 Å². The van der Waals surface area contributed by atoms with Crippen molar-refractivity contribution in [2.45, 2.75) is 52.4 Å². The zero-order chi connectivity index (χ0) is 66.3. The van der Waals surface area contributed by atoms with Crippen LogP contribution in [0, 0.1) is 0 Å². The van der Waals surface area contributed by atoms with Crippen LogP contribution in [-0.2, 0) is 10.8 Å². The van der Waals surface area contributed by atoms with Gasteiger partial charge in [0.25, 0.3) is 6.71 Å². The second kappa shape index (κ2) is 24.0. The van der Waals surface area contributed by atoms with Crippen molar-refractivity contribution in [1.29, 1.82) is 0 Å². The van der Waals surface area contributed by atoms with Crippen LogP contribution in [0.3, 0.4) is 0 Å². The van der Waals surface area contributed by atoms with Crippen LogP contribution in [0.15, 0.2) is 352 Å². The second-order valence-corrected chi connectivity index (χ2v) is 36.4. The van der Waals surface area contributed by atoms with E-state index in [0.29, 0.717) is 0 Å². The number of benzene rings is 14. The Bertz CT molecular complexity index is 5190. The summed E-state index contributed by atoms with van der Waals surface area (Å²) in [4.78, 5) is 5.26. The van der Waals surface area contributed by atoms with Crippen LogP contribution < -0.4 is 67.7 Å². The molecule has 14 aromatic carbocycles. The maximum atomic E-state index is 2.66. The summed E-state index contributed by atoms with van der Waals surface area (Å²) < 4.78 is 2.58. The summed E-state index contributed by atoms with van der Waals surface area (Å²) in [6, 6.07) is 135. The first kappa shape index (κ1) is 60.6. The molecule has 0 amide bonds. The molecule has 3 heterocycles. The summed E-state index contributed by atoms with van der Waals surface area (Å²) in [5.41, 5.74) is 19.0. The Balaban J connectivity index is 1.01. The molecule has 0 fully saturated rings. The predicted molar refractivity (Wildman–Crippen MR) is 425 cm³/mol. The molecule has 0 N–H and O–H groups in total. The van der Waals surface area contributed by atoms with Gasteiger partial charge in [-0.1, -0.05) is 327 Å². The molecular weight excluding hydrogens is 1210 g/mol. The average molecular weight is 1290 g/mol. The van der Waals surface area contributed by atoms with Gasteiger partial charge in [0.05, 0.1) is 22.4 Å². The van der Waals surface area contributed by atoms with Gasteiger partial charge in [-0.15, -0.1) is 0 Å². The summed E-state index contributed by atoms with van der Waals surface area (Å²) in [6.45, 7) is 13.8. The Hall–Kier alpha value is -11.0. The number of hydrogen-bond donors (Lipinski definition) is 0. The highest BCUT2D eigenvalue weighted by atomic mass is 28.3. The lowest BCUT2D eigenvalue weighted by molar-refractivity contribution is 0.590. The third kappa shape index (κ3) is 9.75. The molecule has 0 bridgehead atoms. The van der Waals surface area contributed by atoms with Crippen LogP contribution >= 0.6 is 0 Å². The fraction of sp³-hybridized carbons (Fsp3) is 0.0870. The molecular formula is C92H76BN3Si2. The van der Waals surface area contributed by atoms with E-state index in [1.165, 1.54) is 108 Å². The molecule has 0 saturated carbocycles. The van der Waals surface area contributed by atoms with E-state index >= 15 is 0 Å². The monoisotopic (exact) mass is 1290 g/mol. The zero-order valence-electron chi connectivity index (χ0n) is 56.4. The van der Waals surface area contributed by atoms with Gasteiger partial charge >= 0.3 is 0 Å². The molecule has 470 valence electrons. The Morgan fingerprint density at radius 3 is 1.09 bits per heavy atom. The Morgan fingerprint density at radius 1 is 0.265 bits per heavy atom. The summed E-state index contributed by atoms with van der Waals surface area (Å²) >= 11 is 0. The van der Waals surface area contributed by atoms with Gasteiger partial charge in [0.15, 0.2) is 16.1 Å². The average Bonchev–Trinajstić information content (AvgIpc) is 0.698. The molecule has 0 radical (unpaired) electrons. The van der Waals surface area contributed by atoms with Crippen molar-refractivity contribution in [1.82, 2.24) is 4.57 Å². The van der Waals surface area contributed by atoms with Gasteiger partial charge in [-0.2, -0.15) is 0 Å². The fourth-order valence-corrected chi connectivity index (χ4v) is 26.1. The normalized spacial score (nSPS) is 12.9. The smallest absolute Gasteiger partial charge is 0.252 e. The van der Waals surface area contributed by atoms with E-state index in [0.717, 1.165) is 34.1 Å². The lowest BCUT2D eigenvalue weighted by Gasteiger charge is -2.45. The molecule has 0 spiro atoms. The molecule has 17 rings (SSSR count). The van der Waals surface area contributed by atoms with Crippen molar-refractivity contribution in [2.24, 2.45) is 0 Å². The molecule has 6 heteroatoms. The van der Waals surface area contributed by atoms with Gasteiger partial charge in [0, 0.05) is 44.8 Å². The highest BCUT2D eigenvalue weighted by Gasteiger charge is 2.48. The number of anilines is 6. The number of hydrogen-bond acceptors (Lipinski definition) is 2. The molecule has 0 saturated heterocycles. The zero-order valence-corrected chi connectivity index (χ0v) is 58.4. The SMILES string of the molecule is CC(C)(C)c1ccc2c(c1)c1cc(C(C)(C)C)ccc1n2-c1cc2c3c(c1)N(c1ccccc1-c1ccccc1)c1ccccc1B3c1cc([Si](c3ccccc3)(c3ccccc3)c3ccccc3)ccc1N2c1ccc([Si](c2ccccc2)(c2ccccc2)c2ccccc2)cc1. The lowest BCUT2D eigenvalue weighted by atomic mass is 9.33. The largest absolute Gasteiger partial charge is 0.311 e. The topological polar surface area (TPSA) is 11.4 Å². The summed E-state index contributed by atoms with van der Waals surface area (Å²) in [5.74, 6) is 0. The van der Waals surface area contributed by atoms with Crippen molar-refractivity contribution in [3.05, 3.63) is 363 Å². The quantitative estimate of drug-likeness (QED) is 0.0892. The summed E-state index contributed by atoms with van der Waals surface area (Å²) in [6.07, 6.45) is 0. The molecule has 3 nitrogen and oxygen atoms in total. The van der Waals surface area contributed by atoms with Gasteiger partial charge in [0.1, 0.15) is 0 Å². The third-order valence-corrected chi connectivity index (χ3v) is 30.7. The van der Waals surface area contributed by atoms with E-state index in [4.69, 9.17) is 0 Å². The number of para-hydroxylation sites is 2. The highest BCUT2D eigenvalue weighted by molar-refractivity contribution is 7.20. The molecule has 15 aromatic rings. The lowest BCUT2D eigenvalue weighted by Crippen LogP contribution is -2.75. The molecule has 0 unspecified atom stereocenters. The van der Waals surface area contributed by atoms with Crippen molar-refractivity contribution in [3.63, 3.8) is 0 Å². The van der Waals surface area contributed by atoms with E-state index in [-0.39, 0.29) is 17.5 Å². The minimum Gasteiger partial charge on any atom is -0.311 e. The molecule has 98 heavy (non-hydrogen) atoms. The van der Waals surface area contributed by atoms with Crippen LogP contribution in [0.25, 0.3) is 38.6 Å². The van der Waals surface area contributed by atoms with Crippen LogP contribution in [-0.4, -0.2) is 27.4 Å². The number of rotatable bonds is 12. The minimum absolute atomic E-state index is 0.0600. The van der Waals surface area contributed by atoms with E-state index in [9.17, 15) is 0 Å². The molecule has 2 aliphatic heterocycles. The Morgan fingerprint density at radius 2 is 0.633 bits per heavy atom. The van der Waals surface area contributed by atoms with Gasteiger partial charge in [-0.05, 0) is 152 Å². The first-order valence-electron chi connectivity index (χ1n) is 34.6. The standard InChI is InChI=1S/C92H76BN3Si2/c1-91(2,3)66-50-57-84-79(60-66)80-61-67(92(4,5)6)51-58-85(80)95(84)69-62-88-90-89(63-69)96(83-48-30-28-46-78(83)65-32-14-7-15-33-65)86-49-31-29-47-81(86)93(90)82-64-77(98(73-40-22-11-23-41-73,74-42-24-12-25-43-74)75-44-26-13-27-45-75)56-59-87(82)94(88)68-52-54-76(55-53-68)97(70-34-16-8-17-35-70,71-36-18-9-19-37-71)72-38-20-10-21-39-72/h7-64H,1-6H3. The first-order chi connectivity index (χ1) is 47.9. The molecule has 2 aliphatic rings. The van der Waals surface area contributed by atoms with Gasteiger partial charge in [-0.25, -0.2) is 0 Å². The Labute approximate surface area is 579 Å². The van der Waals surface area contributed by atoms with Crippen molar-refractivity contribution in [3.8, 4) is 16.8 Å². The minimum atomic E-state index is -3.08. The predicted octanol–water partition coefficient (Wildman–Crippen LogP) is 15.9. The van der Waals surface area contributed by atoms with Gasteiger partial charge in [0.2, 0.25) is 0 Å². The maximum Gasteiger partial charge on any atom is 0.252 e. The van der Waals surface area contributed by atoms with Crippen LogP contribution in [0.2, 0.25) is 0 Å². The molecule has 1 aromatic heterocycles. The molecule has 0 aliphatic carbocycles. The Kier molecular flexibility index (Phi) is 14.8. The van der Waals surface area contributed by atoms with Crippen LogP contribution in [0.1, 0.15) is 52.7 Å². The fourth-order valence-electron chi connectivity index (χ4n) is 16.6. The van der Waals surface area contributed by atoms with Crippen molar-refractivity contribution >= 4 is 137 Å². The first-order valence-corrected chi connectivity index (χ1v) is 38.6. The molecule has 0 atom stereocenters. The second-order valence-electron chi connectivity index (χ2n) is 28.8.